The molecular formula is C14H30N2O3S. The van der Waals surface area contributed by atoms with Crippen LogP contribution in [0.25, 0.3) is 0 Å². The molecule has 0 aromatic rings. The van der Waals surface area contributed by atoms with Crippen LogP contribution in [0.5, 0.6) is 0 Å². The van der Waals surface area contributed by atoms with Crippen molar-refractivity contribution in [3.05, 3.63) is 0 Å². The van der Waals surface area contributed by atoms with Crippen LogP contribution in [-0.4, -0.2) is 69.8 Å². The van der Waals surface area contributed by atoms with Gasteiger partial charge < -0.3 is 10.1 Å². The lowest BCUT2D eigenvalue weighted by molar-refractivity contribution is -0.0459. The Labute approximate surface area is 124 Å². The molecule has 0 aromatic heterocycles. The van der Waals surface area contributed by atoms with Gasteiger partial charge in [-0.1, -0.05) is 20.8 Å². The molecule has 120 valence electrons. The van der Waals surface area contributed by atoms with E-state index in [1.807, 2.05) is 0 Å². The van der Waals surface area contributed by atoms with Gasteiger partial charge in [0.1, 0.15) is 9.84 Å². The summed E-state index contributed by atoms with van der Waals surface area (Å²) in [4.78, 5) is 2.39. The van der Waals surface area contributed by atoms with Crippen LogP contribution in [-0.2, 0) is 14.6 Å². The predicted molar refractivity (Wildman–Crippen MR) is 82.9 cm³/mol. The van der Waals surface area contributed by atoms with Crippen LogP contribution < -0.4 is 5.32 Å². The van der Waals surface area contributed by atoms with Gasteiger partial charge in [0.2, 0.25) is 0 Å². The van der Waals surface area contributed by atoms with Gasteiger partial charge in [-0.3, -0.25) is 4.90 Å². The summed E-state index contributed by atoms with van der Waals surface area (Å²) in [7, 11) is -2.86. The van der Waals surface area contributed by atoms with Crippen molar-refractivity contribution >= 4 is 9.84 Å². The summed E-state index contributed by atoms with van der Waals surface area (Å²) < 4.78 is 29.0. The number of nitrogens with one attached hydrogen (secondary N) is 1. The van der Waals surface area contributed by atoms with Crippen molar-refractivity contribution in [1.29, 1.82) is 0 Å². The van der Waals surface area contributed by atoms with Crippen molar-refractivity contribution in [2.24, 2.45) is 0 Å². The van der Waals surface area contributed by atoms with Gasteiger partial charge in [-0.2, -0.15) is 0 Å². The molecule has 20 heavy (non-hydrogen) atoms. The van der Waals surface area contributed by atoms with Crippen molar-refractivity contribution in [2.45, 2.75) is 45.8 Å². The van der Waals surface area contributed by atoms with Crippen molar-refractivity contribution in [3.8, 4) is 0 Å². The Balaban J connectivity index is 2.47. The van der Waals surface area contributed by atoms with Gasteiger partial charge in [0.05, 0.1) is 18.5 Å². The molecule has 1 aliphatic heterocycles. The maximum atomic E-state index is 11.6. The minimum atomic E-state index is -2.86. The Morgan fingerprint density at radius 3 is 2.70 bits per heavy atom. The first-order chi connectivity index (χ1) is 9.52. The Hall–Kier alpha value is -0.170. The van der Waals surface area contributed by atoms with Gasteiger partial charge >= 0.3 is 0 Å². The smallest absolute Gasteiger partial charge is 0.150 e. The van der Waals surface area contributed by atoms with E-state index in [1.54, 1.807) is 6.92 Å². The van der Waals surface area contributed by atoms with Crippen LogP contribution in [0.1, 0.15) is 33.6 Å². The Morgan fingerprint density at radius 2 is 2.10 bits per heavy atom. The minimum absolute atomic E-state index is 0.174. The number of ether oxygens (including phenoxy) is 1. The van der Waals surface area contributed by atoms with Gasteiger partial charge in [-0.05, 0) is 25.9 Å². The van der Waals surface area contributed by atoms with Crippen LogP contribution in [0.3, 0.4) is 0 Å². The second-order valence-electron chi connectivity index (χ2n) is 5.35. The molecular weight excluding hydrogens is 276 g/mol. The molecule has 1 saturated heterocycles. The molecule has 2 unspecified atom stereocenters. The zero-order valence-corrected chi connectivity index (χ0v) is 13.9. The topological polar surface area (TPSA) is 58.6 Å². The van der Waals surface area contributed by atoms with Gasteiger partial charge in [0.25, 0.3) is 0 Å². The first-order valence-corrected chi connectivity index (χ1v) is 9.62. The van der Waals surface area contributed by atoms with Crippen molar-refractivity contribution < 1.29 is 13.2 Å². The van der Waals surface area contributed by atoms with E-state index in [4.69, 9.17) is 4.74 Å². The number of likely N-dealkylation sites (N-methyl/N-ethyl adjacent to an activating group) is 2. The van der Waals surface area contributed by atoms with Gasteiger partial charge in [0, 0.05) is 24.9 Å². The summed E-state index contributed by atoms with van der Waals surface area (Å²) in [6, 6.07) is 0.251. The molecule has 1 rings (SSSR count). The lowest BCUT2D eigenvalue weighted by Gasteiger charge is -2.37. The Kier molecular flexibility index (Phi) is 8.02. The quantitative estimate of drug-likeness (QED) is 0.686. The molecule has 0 aliphatic carbocycles. The first kappa shape index (κ1) is 17.9. The molecule has 1 fully saturated rings. The Morgan fingerprint density at radius 1 is 1.35 bits per heavy atom. The Bertz CT molecular complexity index is 359. The maximum absolute atomic E-state index is 11.6. The molecule has 0 aromatic carbocycles. The van der Waals surface area contributed by atoms with E-state index in [-0.39, 0.29) is 23.7 Å². The van der Waals surface area contributed by atoms with Crippen molar-refractivity contribution in [3.63, 3.8) is 0 Å². The molecule has 0 amide bonds. The zero-order valence-electron chi connectivity index (χ0n) is 13.1. The van der Waals surface area contributed by atoms with E-state index in [2.05, 4.69) is 24.1 Å². The molecule has 6 heteroatoms. The lowest BCUT2D eigenvalue weighted by Crippen LogP contribution is -2.52. The van der Waals surface area contributed by atoms with Crippen LogP contribution >= 0.6 is 0 Å². The predicted octanol–water partition coefficient (Wildman–Crippen LogP) is 0.900. The molecule has 0 saturated carbocycles. The highest BCUT2D eigenvalue weighted by atomic mass is 32.2. The minimum Gasteiger partial charge on any atom is -0.374 e. The zero-order chi connectivity index (χ0) is 15.0. The third kappa shape index (κ3) is 6.08. The number of nitrogens with zero attached hydrogens (tertiary/aromatic N) is 1. The molecule has 1 heterocycles. The highest BCUT2D eigenvalue weighted by molar-refractivity contribution is 7.91. The molecule has 0 radical (unpaired) electrons. The average Bonchev–Trinajstić information content (AvgIpc) is 2.46. The van der Waals surface area contributed by atoms with E-state index in [0.717, 1.165) is 39.2 Å². The van der Waals surface area contributed by atoms with Gasteiger partial charge in [-0.25, -0.2) is 8.42 Å². The standard InChI is InChI=1S/C14H30N2O3S/c1-4-15-13(8-7-11-20(17,18)6-3)14-12-16(5-2)9-10-19-14/h13-15H,4-12H2,1-3H3. The summed E-state index contributed by atoms with van der Waals surface area (Å²) >= 11 is 0. The fourth-order valence-corrected chi connectivity index (χ4v) is 3.51. The monoisotopic (exact) mass is 306 g/mol. The molecule has 0 spiro atoms. The average molecular weight is 306 g/mol. The summed E-state index contributed by atoms with van der Waals surface area (Å²) in [6.45, 7) is 10.6. The summed E-state index contributed by atoms with van der Waals surface area (Å²) in [5.74, 6) is 0.526. The first-order valence-electron chi connectivity index (χ1n) is 7.80. The third-order valence-corrected chi connectivity index (χ3v) is 5.74. The lowest BCUT2D eigenvalue weighted by atomic mass is 10.0. The van der Waals surface area contributed by atoms with Crippen molar-refractivity contribution in [1.82, 2.24) is 10.2 Å². The SMILES string of the molecule is CCNC(CCCS(=O)(=O)CC)C1CN(CC)CCO1. The summed E-state index contributed by atoms with van der Waals surface area (Å²) in [5.41, 5.74) is 0. The molecule has 1 N–H and O–H groups in total. The number of morpholine rings is 1. The molecule has 5 nitrogen and oxygen atoms in total. The van der Waals surface area contributed by atoms with Gasteiger partial charge in [-0.15, -0.1) is 0 Å². The van der Waals surface area contributed by atoms with E-state index < -0.39 is 9.84 Å². The fourth-order valence-electron chi connectivity index (χ4n) is 2.61. The number of sulfone groups is 1. The van der Waals surface area contributed by atoms with Gasteiger partial charge in [0.15, 0.2) is 0 Å². The third-order valence-electron chi connectivity index (χ3n) is 3.95. The number of rotatable bonds is 9. The summed E-state index contributed by atoms with van der Waals surface area (Å²) in [5, 5.41) is 3.45. The molecule has 1 aliphatic rings. The fraction of sp³-hybridized carbons (Fsp3) is 1.00. The van der Waals surface area contributed by atoms with Crippen molar-refractivity contribution in [2.75, 3.05) is 44.3 Å². The molecule has 2 atom stereocenters. The maximum Gasteiger partial charge on any atom is 0.150 e. The van der Waals surface area contributed by atoms with E-state index >= 15 is 0 Å². The number of hydrogen-bond acceptors (Lipinski definition) is 5. The van der Waals surface area contributed by atoms with Crippen LogP contribution in [0.2, 0.25) is 0 Å². The highest BCUT2D eigenvalue weighted by Crippen LogP contribution is 2.13. The van der Waals surface area contributed by atoms with E-state index in [0.29, 0.717) is 6.42 Å². The second kappa shape index (κ2) is 8.97. The highest BCUT2D eigenvalue weighted by Gasteiger charge is 2.27. The molecule has 0 bridgehead atoms. The normalized spacial score (nSPS) is 22.9. The summed E-state index contributed by atoms with van der Waals surface area (Å²) in [6.07, 6.45) is 1.74. The van der Waals surface area contributed by atoms with E-state index in [1.165, 1.54) is 0 Å². The largest absolute Gasteiger partial charge is 0.374 e. The van der Waals surface area contributed by atoms with Crippen LogP contribution in [0.15, 0.2) is 0 Å². The number of hydrogen-bond donors (Lipinski definition) is 1. The van der Waals surface area contributed by atoms with E-state index in [9.17, 15) is 8.42 Å². The second-order valence-corrected chi connectivity index (χ2v) is 7.82. The van der Waals surface area contributed by atoms with Crippen LogP contribution in [0, 0.1) is 0 Å². The van der Waals surface area contributed by atoms with Crippen LogP contribution in [0.4, 0.5) is 0 Å².